The minimum atomic E-state index is -0.561. The number of piperidine rings is 1. The van der Waals surface area contributed by atoms with Crippen molar-refractivity contribution in [3.05, 3.63) is 34.9 Å². The third-order valence-corrected chi connectivity index (χ3v) is 5.78. The van der Waals surface area contributed by atoms with E-state index < -0.39 is 6.04 Å². The first kappa shape index (κ1) is 17.2. The highest BCUT2D eigenvalue weighted by Crippen LogP contribution is 2.31. The molecule has 0 saturated carbocycles. The molecule has 3 aliphatic rings. The summed E-state index contributed by atoms with van der Waals surface area (Å²) in [5.74, 6) is -0.195. The number of amides is 3. The van der Waals surface area contributed by atoms with Gasteiger partial charge in [0.25, 0.3) is 5.91 Å². The summed E-state index contributed by atoms with van der Waals surface area (Å²) in [5, 5.41) is 2.35. The number of hydrogen-bond donors (Lipinski definition) is 2. The van der Waals surface area contributed by atoms with Crippen LogP contribution in [0.15, 0.2) is 18.2 Å². The molecule has 26 heavy (non-hydrogen) atoms. The number of imide groups is 1. The second-order valence-corrected chi connectivity index (χ2v) is 7.47. The number of fused-ring (bicyclic) bond motifs is 1. The van der Waals surface area contributed by atoms with E-state index in [4.69, 9.17) is 5.73 Å². The fourth-order valence-electron chi connectivity index (χ4n) is 4.29. The largest absolute Gasteiger partial charge is 0.330 e. The highest BCUT2D eigenvalue weighted by Gasteiger charge is 2.39. The number of hydrogen-bond acceptors (Lipinski definition) is 5. The van der Waals surface area contributed by atoms with E-state index in [2.05, 4.69) is 16.3 Å². The van der Waals surface area contributed by atoms with Gasteiger partial charge in [-0.3, -0.25) is 24.6 Å². The lowest BCUT2D eigenvalue weighted by atomic mass is 10.0. The molecule has 0 bridgehead atoms. The van der Waals surface area contributed by atoms with Gasteiger partial charge in [0, 0.05) is 31.6 Å². The van der Waals surface area contributed by atoms with Gasteiger partial charge in [-0.15, -0.1) is 0 Å². The predicted octanol–water partition coefficient (Wildman–Crippen LogP) is 0.228. The van der Waals surface area contributed by atoms with E-state index in [1.807, 2.05) is 12.1 Å². The van der Waals surface area contributed by atoms with Crippen LogP contribution in [-0.4, -0.2) is 53.2 Å². The summed E-state index contributed by atoms with van der Waals surface area (Å²) in [6.45, 7) is 3.97. The van der Waals surface area contributed by atoms with Crippen LogP contribution in [0.25, 0.3) is 0 Å². The zero-order valence-corrected chi connectivity index (χ0v) is 14.7. The molecule has 3 N–H and O–H groups in total. The minimum Gasteiger partial charge on any atom is -0.330 e. The molecule has 3 amide bonds. The summed E-state index contributed by atoms with van der Waals surface area (Å²) in [6, 6.07) is 5.25. The minimum absolute atomic E-state index is 0.113. The highest BCUT2D eigenvalue weighted by atomic mass is 16.2. The summed E-state index contributed by atoms with van der Waals surface area (Å²) in [4.78, 5) is 40.4. The van der Waals surface area contributed by atoms with Gasteiger partial charge in [-0.2, -0.15) is 0 Å². The van der Waals surface area contributed by atoms with Crippen LogP contribution in [0.5, 0.6) is 0 Å². The molecular weight excluding hydrogens is 332 g/mol. The first-order valence-electron chi connectivity index (χ1n) is 9.24. The van der Waals surface area contributed by atoms with Crippen LogP contribution in [0.3, 0.4) is 0 Å². The van der Waals surface area contributed by atoms with Crippen molar-refractivity contribution in [2.24, 2.45) is 11.7 Å². The second kappa shape index (κ2) is 6.81. The summed E-state index contributed by atoms with van der Waals surface area (Å²) >= 11 is 0. The maximum absolute atomic E-state index is 12.8. The molecule has 3 aliphatic heterocycles. The van der Waals surface area contributed by atoms with Crippen LogP contribution in [-0.2, 0) is 22.7 Å². The van der Waals surface area contributed by atoms with Crippen molar-refractivity contribution >= 4 is 17.7 Å². The van der Waals surface area contributed by atoms with Gasteiger partial charge in [-0.05, 0) is 49.0 Å². The van der Waals surface area contributed by atoms with Crippen molar-refractivity contribution in [2.45, 2.75) is 38.4 Å². The predicted molar refractivity (Wildman–Crippen MR) is 94.9 cm³/mol. The maximum Gasteiger partial charge on any atom is 0.255 e. The quantitative estimate of drug-likeness (QED) is 0.753. The number of carbonyl (C=O) groups excluding carboxylic acids is 3. The molecule has 2 fully saturated rings. The Kier molecular flexibility index (Phi) is 4.50. The van der Waals surface area contributed by atoms with Crippen molar-refractivity contribution in [3.63, 3.8) is 0 Å². The molecule has 2 saturated heterocycles. The Morgan fingerprint density at radius 3 is 2.77 bits per heavy atom. The van der Waals surface area contributed by atoms with Crippen LogP contribution < -0.4 is 11.1 Å². The zero-order valence-electron chi connectivity index (χ0n) is 14.7. The topological polar surface area (TPSA) is 95.7 Å². The smallest absolute Gasteiger partial charge is 0.255 e. The van der Waals surface area contributed by atoms with Crippen molar-refractivity contribution in [2.75, 3.05) is 19.6 Å². The molecule has 7 nitrogen and oxygen atoms in total. The van der Waals surface area contributed by atoms with Gasteiger partial charge < -0.3 is 10.6 Å². The monoisotopic (exact) mass is 356 g/mol. The van der Waals surface area contributed by atoms with Gasteiger partial charge in [-0.25, -0.2) is 0 Å². The Balaban J connectivity index is 1.53. The fraction of sp³-hybridized carbons (Fsp3) is 0.526. The number of nitrogens with zero attached hydrogens (tertiary/aromatic N) is 2. The Hall–Kier alpha value is -2.25. The van der Waals surface area contributed by atoms with E-state index in [1.54, 1.807) is 4.90 Å². The van der Waals surface area contributed by atoms with Crippen molar-refractivity contribution in [1.29, 1.82) is 0 Å². The van der Waals surface area contributed by atoms with Crippen molar-refractivity contribution in [1.82, 2.24) is 15.1 Å². The van der Waals surface area contributed by atoms with E-state index in [9.17, 15) is 14.4 Å². The number of nitrogens with one attached hydrogen (secondary N) is 1. The average Bonchev–Trinajstić information content (AvgIpc) is 3.21. The van der Waals surface area contributed by atoms with Crippen LogP contribution >= 0.6 is 0 Å². The molecule has 0 aliphatic carbocycles. The van der Waals surface area contributed by atoms with E-state index in [-0.39, 0.29) is 24.1 Å². The fourth-order valence-corrected chi connectivity index (χ4v) is 4.29. The van der Waals surface area contributed by atoms with Gasteiger partial charge in [-0.1, -0.05) is 12.1 Å². The first-order chi connectivity index (χ1) is 12.6. The standard InChI is InChI=1S/C19H24N4O3/c20-8-12-6-7-22(9-12)10-13-2-1-3-14-15(13)11-23(19(14)26)16-4-5-17(24)21-18(16)25/h1-3,12,16H,4-11,20H2,(H,21,24,25). The van der Waals surface area contributed by atoms with Crippen molar-refractivity contribution in [3.8, 4) is 0 Å². The van der Waals surface area contributed by atoms with Gasteiger partial charge in [0.2, 0.25) is 11.8 Å². The molecule has 2 atom stereocenters. The van der Waals surface area contributed by atoms with Crippen LogP contribution in [0, 0.1) is 5.92 Å². The summed E-state index contributed by atoms with van der Waals surface area (Å²) in [6.07, 6.45) is 1.79. The second-order valence-electron chi connectivity index (χ2n) is 7.47. The zero-order chi connectivity index (χ0) is 18.3. The molecule has 1 aromatic carbocycles. The van der Waals surface area contributed by atoms with Gasteiger partial charge >= 0.3 is 0 Å². The maximum atomic E-state index is 12.8. The lowest BCUT2D eigenvalue weighted by Gasteiger charge is -2.29. The van der Waals surface area contributed by atoms with E-state index >= 15 is 0 Å². The molecule has 0 radical (unpaired) electrons. The van der Waals surface area contributed by atoms with E-state index in [1.165, 1.54) is 0 Å². The summed E-state index contributed by atoms with van der Waals surface area (Å²) < 4.78 is 0. The SMILES string of the molecule is NCC1CCN(Cc2cccc3c2CN(C2CCC(=O)NC2=O)C3=O)C1. The molecule has 0 spiro atoms. The van der Waals surface area contributed by atoms with Gasteiger partial charge in [0.15, 0.2) is 0 Å². The molecule has 138 valence electrons. The molecule has 4 rings (SSSR count). The van der Waals surface area contributed by atoms with E-state index in [0.717, 1.165) is 37.2 Å². The van der Waals surface area contributed by atoms with Crippen molar-refractivity contribution < 1.29 is 14.4 Å². The third kappa shape index (κ3) is 3.01. The van der Waals surface area contributed by atoms with Crippen LogP contribution in [0.4, 0.5) is 0 Å². The van der Waals surface area contributed by atoms with Crippen LogP contribution in [0.1, 0.15) is 40.7 Å². The van der Waals surface area contributed by atoms with Gasteiger partial charge in [0.1, 0.15) is 6.04 Å². The first-order valence-corrected chi connectivity index (χ1v) is 9.24. The van der Waals surface area contributed by atoms with E-state index in [0.29, 0.717) is 31.0 Å². The molecule has 0 aromatic heterocycles. The number of likely N-dealkylation sites (tertiary alicyclic amines) is 1. The number of nitrogens with two attached hydrogens (primary N) is 1. The normalized spacial score (nSPS) is 26.3. The third-order valence-electron chi connectivity index (χ3n) is 5.78. The summed E-state index contributed by atoms with van der Waals surface area (Å²) in [5.41, 5.74) is 8.62. The van der Waals surface area contributed by atoms with Gasteiger partial charge in [0.05, 0.1) is 0 Å². The Bertz CT molecular complexity index is 763. The average molecular weight is 356 g/mol. The lowest BCUT2D eigenvalue weighted by molar-refractivity contribution is -0.136. The molecule has 2 unspecified atom stereocenters. The molecule has 1 aromatic rings. The highest BCUT2D eigenvalue weighted by molar-refractivity contribution is 6.05. The Morgan fingerprint density at radius 2 is 2.04 bits per heavy atom. The summed E-state index contributed by atoms with van der Waals surface area (Å²) in [7, 11) is 0. The number of benzene rings is 1. The van der Waals surface area contributed by atoms with Crippen LogP contribution in [0.2, 0.25) is 0 Å². The molecule has 7 heteroatoms. The number of carbonyl (C=O) groups is 3. The molecular formula is C19H24N4O3. The lowest BCUT2D eigenvalue weighted by Crippen LogP contribution is -2.52. The Labute approximate surface area is 152 Å². The molecule has 3 heterocycles. The number of rotatable bonds is 4. The Morgan fingerprint density at radius 1 is 1.19 bits per heavy atom.